The predicted molar refractivity (Wildman–Crippen MR) is 44.1 cm³/mol. The van der Waals surface area contributed by atoms with E-state index >= 15 is 0 Å². The lowest BCUT2D eigenvalue weighted by Gasteiger charge is -2.09. The third-order valence-corrected chi connectivity index (χ3v) is 1.71. The van der Waals surface area contributed by atoms with Crippen LogP contribution in [0.4, 0.5) is 13.2 Å². The predicted octanol–water partition coefficient (Wildman–Crippen LogP) is 1.96. The van der Waals surface area contributed by atoms with Gasteiger partial charge in [-0.3, -0.25) is 0 Å². The van der Waals surface area contributed by atoms with Crippen LogP contribution in [0.3, 0.4) is 0 Å². The fourth-order valence-corrected chi connectivity index (χ4v) is 0.982. The Bertz CT molecular complexity index is 258. The first kappa shape index (κ1) is 10.1. The number of alkyl halides is 2. The molecule has 0 aromatic heterocycles. The van der Waals surface area contributed by atoms with Gasteiger partial charge in [-0.15, -0.1) is 0 Å². The average molecular weight is 189 g/mol. The summed E-state index contributed by atoms with van der Waals surface area (Å²) in [5, 5.41) is 0. The highest BCUT2D eigenvalue weighted by atomic mass is 19.3. The quantitative estimate of drug-likeness (QED) is 0.772. The highest BCUT2D eigenvalue weighted by molar-refractivity contribution is 5.17. The molecule has 1 aromatic rings. The summed E-state index contributed by atoms with van der Waals surface area (Å²) in [7, 11) is 0. The van der Waals surface area contributed by atoms with Crippen LogP contribution in [0, 0.1) is 5.82 Å². The minimum atomic E-state index is -2.54. The van der Waals surface area contributed by atoms with Gasteiger partial charge in [0.05, 0.1) is 6.04 Å². The van der Waals surface area contributed by atoms with Gasteiger partial charge in [0.15, 0.2) is 0 Å². The first-order valence-electron chi connectivity index (χ1n) is 3.88. The van der Waals surface area contributed by atoms with Crippen molar-refractivity contribution in [1.29, 1.82) is 0 Å². The van der Waals surface area contributed by atoms with E-state index in [-0.39, 0.29) is 12.2 Å². The lowest BCUT2D eigenvalue weighted by Crippen LogP contribution is -2.30. The van der Waals surface area contributed by atoms with E-state index in [1.807, 2.05) is 0 Å². The molecule has 0 fully saturated rings. The Morgan fingerprint density at radius 3 is 2.15 bits per heavy atom. The molecule has 13 heavy (non-hydrogen) atoms. The van der Waals surface area contributed by atoms with Gasteiger partial charge >= 0.3 is 0 Å². The minimum Gasteiger partial charge on any atom is -0.323 e. The van der Waals surface area contributed by atoms with Crippen molar-refractivity contribution in [1.82, 2.24) is 0 Å². The van der Waals surface area contributed by atoms with Crippen LogP contribution in [0.5, 0.6) is 0 Å². The van der Waals surface area contributed by atoms with E-state index in [1.165, 1.54) is 24.3 Å². The number of hydrogen-bond donors (Lipinski definition) is 1. The van der Waals surface area contributed by atoms with E-state index in [2.05, 4.69) is 0 Å². The number of hydrogen-bond acceptors (Lipinski definition) is 1. The number of nitrogens with two attached hydrogens (primary N) is 1. The zero-order valence-electron chi connectivity index (χ0n) is 6.88. The Hall–Kier alpha value is -1.03. The molecule has 2 N–H and O–H groups in total. The average Bonchev–Trinajstić information content (AvgIpc) is 2.08. The van der Waals surface area contributed by atoms with Crippen LogP contribution < -0.4 is 5.73 Å². The largest absolute Gasteiger partial charge is 0.323 e. The number of halogens is 3. The van der Waals surface area contributed by atoms with E-state index in [4.69, 9.17) is 5.73 Å². The van der Waals surface area contributed by atoms with E-state index < -0.39 is 12.5 Å². The van der Waals surface area contributed by atoms with Crippen molar-refractivity contribution in [3.63, 3.8) is 0 Å². The summed E-state index contributed by atoms with van der Waals surface area (Å²) in [5.74, 6) is -0.380. The van der Waals surface area contributed by atoms with Gasteiger partial charge in [-0.05, 0) is 24.1 Å². The van der Waals surface area contributed by atoms with Gasteiger partial charge in [0, 0.05) is 0 Å². The normalized spacial score (nSPS) is 13.3. The first-order valence-corrected chi connectivity index (χ1v) is 3.88. The second kappa shape index (κ2) is 4.28. The molecule has 0 bridgehead atoms. The van der Waals surface area contributed by atoms with Crippen molar-refractivity contribution >= 4 is 0 Å². The van der Waals surface area contributed by atoms with Crippen LogP contribution in [0.2, 0.25) is 0 Å². The van der Waals surface area contributed by atoms with Crippen molar-refractivity contribution in [3.05, 3.63) is 35.6 Å². The lowest BCUT2D eigenvalue weighted by molar-refractivity contribution is 0.116. The Morgan fingerprint density at radius 1 is 1.15 bits per heavy atom. The number of benzene rings is 1. The molecule has 0 aliphatic carbocycles. The number of rotatable bonds is 3. The van der Waals surface area contributed by atoms with Crippen LogP contribution in [0.15, 0.2) is 24.3 Å². The van der Waals surface area contributed by atoms with E-state index in [1.54, 1.807) is 0 Å². The van der Waals surface area contributed by atoms with Gasteiger partial charge in [-0.25, -0.2) is 13.2 Å². The molecule has 1 atom stereocenters. The van der Waals surface area contributed by atoms with E-state index in [9.17, 15) is 13.2 Å². The van der Waals surface area contributed by atoms with Gasteiger partial charge in [-0.2, -0.15) is 0 Å². The van der Waals surface area contributed by atoms with Crippen LogP contribution in [-0.2, 0) is 6.42 Å². The van der Waals surface area contributed by atoms with Crippen molar-refractivity contribution < 1.29 is 13.2 Å². The molecule has 0 amide bonds. The molecule has 1 unspecified atom stereocenters. The lowest BCUT2D eigenvalue weighted by atomic mass is 10.1. The molecule has 0 saturated heterocycles. The van der Waals surface area contributed by atoms with Gasteiger partial charge in [-0.1, -0.05) is 12.1 Å². The third-order valence-electron chi connectivity index (χ3n) is 1.71. The Morgan fingerprint density at radius 2 is 1.69 bits per heavy atom. The molecular weight excluding hydrogens is 179 g/mol. The fourth-order valence-electron chi connectivity index (χ4n) is 0.982. The van der Waals surface area contributed by atoms with Crippen LogP contribution in [-0.4, -0.2) is 12.5 Å². The fraction of sp³-hybridized carbons (Fsp3) is 0.333. The SMILES string of the molecule is NC(Cc1ccc(F)cc1)C(F)F. The molecular formula is C9H10F3N. The molecule has 1 nitrogen and oxygen atoms in total. The summed E-state index contributed by atoms with van der Waals surface area (Å²) < 4.78 is 36.4. The maximum atomic E-state index is 12.4. The molecule has 0 spiro atoms. The van der Waals surface area contributed by atoms with Crippen molar-refractivity contribution in [2.24, 2.45) is 5.73 Å². The molecule has 0 aliphatic heterocycles. The van der Waals surface area contributed by atoms with Gasteiger partial charge in [0.2, 0.25) is 0 Å². The van der Waals surface area contributed by atoms with Crippen molar-refractivity contribution in [2.75, 3.05) is 0 Å². The summed E-state index contributed by atoms with van der Waals surface area (Å²) in [4.78, 5) is 0. The molecule has 0 saturated carbocycles. The summed E-state index contributed by atoms with van der Waals surface area (Å²) in [6.45, 7) is 0. The summed E-state index contributed by atoms with van der Waals surface area (Å²) in [6, 6.07) is 4.20. The Balaban J connectivity index is 2.59. The second-order valence-corrected chi connectivity index (χ2v) is 2.83. The van der Waals surface area contributed by atoms with E-state index in [0.717, 1.165) is 0 Å². The summed E-state index contributed by atoms with van der Waals surface area (Å²) >= 11 is 0. The van der Waals surface area contributed by atoms with E-state index in [0.29, 0.717) is 5.56 Å². The second-order valence-electron chi connectivity index (χ2n) is 2.83. The smallest absolute Gasteiger partial charge is 0.253 e. The molecule has 72 valence electrons. The zero-order valence-corrected chi connectivity index (χ0v) is 6.88. The maximum Gasteiger partial charge on any atom is 0.253 e. The van der Waals surface area contributed by atoms with Gasteiger partial charge in [0.25, 0.3) is 6.43 Å². The highest BCUT2D eigenvalue weighted by Crippen LogP contribution is 2.08. The Labute approximate surface area is 74.4 Å². The monoisotopic (exact) mass is 189 g/mol. The summed E-state index contributed by atoms with van der Waals surface area (Å²) in [5.41, 5.74) is 5.76. The molecule has 4 heteroatoms. The van der Waals surface area contributed by atoms with Crippen LogP contribution in [0.1, 0.15) is 5.56 Å². The van der Waals surface area contributed by atoms with Gasteiger partial charge in [0.1, 0.15) is 5.82 Å². The minimum absolute atomic E-state index is 0.0674. The molecule has 1 aromatic carbocycles. The standard InChI is InChI=1S/C9H10F3N/c10-7-3-1-6(2-4-7)5-8(13)9(11)12/h1-4,8-9H,5,13H2. The summed E-state index contributed by atoms with van der Waals surface area (Å²) in [6.07, 6.45) is -2.47. The third kappa shape index (κ3) is 3.06. The maximum absolute atomic E-state index is 12.4. The molecule has 0 heterocycles. The van der Waals surface area contributed by atoms with Crippen LogP contribution in [0.25, 0.3) is 0 Å². The van der Waals surface area contributed by atoms with Crippen LogP contribution >= 0.6 is 0 Å². The van der Waals surface area contributed by atoms with Gasteiger partial charge < -0.3 is 5.73 Å². The first-order chi connectivity index (χ1) is 6.09. The highest BCUT2D eigenvalue weighted by Gasteiger charge is 2.15. The Kier molecular flexibility index (Phi) is 3.31. The topological polar surface area (TPSA) is 26.0 Å². The van der Waals surface area contributed by atoms with Crippen molar-refractivity contribution in [2.45, 2.75) is 18.9 Å². The molecule has 0 aliphatic rings. The van der Waals surface area contributed by atoms with Crippen molar-refractivity contribution in [3.8, 4) is 0 Å². The zero-order chi connectivity index (χ0) is 9.84. The molecule has 0 radical (unpaired) electrons. The molecule has 1 rings (SSSR count).